The van der Waals surface area contributed by atoms with Gasteiger partial charge < -0.3 is 14.8 Å². The van der Waals surface area contributed by atoms with Gasteiger partial charge in [0, 0.05) is 13.1 Å². The molecule has 122 valence electrons. The van der Waals surface area contributed by atoms with Crippen molar-refractivity contribution in [3.8, 4) is 5.75 Å². The van der Waals surface area contributed by atoms with E-state index in [4.69, 9.17) is 44.3 Å². The Morgan fingerprint density at radius 3 is 2.55 bits per heavy atom. The molecule has 1 aromatic rings. The Morgan fingerprint density at radius 1 is 1.32 bits per heavy atom. The number of hydrogen-bond donors (Lipinski definition) is 1. The Kier molecular flexibility index (Phi) is 6.17. The monoisotopic (exact) mass is 366 g/mol. The van der Waals surface area contributed by atoms with Gasteiger partial charge in [0.1, 0.15) is 11.9 Å². The number of carbonyl (C=O) groups is 1. The molecule has 2 rings (SSSR count). The van der Waals surface area contributed by atoms with Crippen molar-refractivity contribution in [1.82, 2.24) is 10.2 Å². The molecule has 0 saturated carbocycles. The number of rotatable bonds is 4. The van der Waals surface area contributed by atoms with Crippen LogP contribution >= 0.6 is 34.8 Å². The molecule has 1 aliphatic rings. The smallest absolute Gasteiger partial charge is 0.256 e. The van der Waals surface area contributed by atoms with Gasteiger partial charge in [0.25, 0.3) is 5.91 Å². The van der Waals surface area contributed by atoms with Crippen molar-refractivity contribution in [3.63, 3.8) is 0 Å². The normalized spacial score (nSPS) is 17.8. The van der Waals surface area contributed by atoms with Crippen molar-refractivity contribution in [3.05, 3.63) is 29.8 Å². The summed E-state index contributed by atoms with van der Waals surface area (Å²) in [5.74, 6) is 0.102. The number of methoxy groups -OCH3 is 1. The molecule has 1 fully saturated rings. The van der Waals surface area contributed by atoms with Crippen LogP contribution in [0.15, 0.2) is 24.3 Å². The molecule has 5 nitrogen and oxygen atoms in total. The summed E-state index contributed by atoms with van der Waals surface area (Å²) in [5, 5.41) is 2.77. The highest BCUT2D eigenvalue weighted by Crippen LogP contribution is 2.33. The minimum Gasteiger partial charge on any atom is -0.496 e. The van der Waals surface area contributed by atoms with Gasteiger partial charge in [0.2, 0.25) is 3.79 Å². The predicted molar refractivity (Wildman–Crippen MR) is 86.9 cm³/mol. The van der Waals surface area contributed by atoms with Gasteiger partial charge in [0.05, 0.1) is 25.9 Å². The van der Waals surface area contributed by atoms with E-state index in [9.17, 15) is 4.79 Å². The Labute approximate surface area is 144 Å². The maximum atomic E-state index is 12.5. The first-order chi connectivity index (χ1) is 10.4. The lowest BCUT2D eigenvalue weighted by molar-refractivity contribution is 0.00993. The fraction of sp³-hybridized carbons (Fsp3) is 0.500. The molecule has 0 aromatic heterocycles. The van der Waals surface area contributed by atoms with Crippen LogP contribution < -0.4 is 10.1 Å². The average Bonchev–Trinajstić information content (AvgIpc) is 2.52. The van der Waals surface area contributed by atoms with E-state index in [0.29, 0.717) is 37.6 Å². The summed E-state index contributed by atoms with van der Waals surface area (Å²) >= 11 is 18.1. The number of hydrogen-bond acceptors (Lipinski definition) is 4. The summed E-state index contributed by atoms with van der Waals surface area (Å²) in [5.41, 5.74) is 0.387. The molecule has 1 aliphatic heterocycles. The quantitative estimate of drug-likeness (QED) is 0.831. The molecule has 0 radical (unpaired) electrons. The zero-order valence-electron chi connectivity index (χ0n) is 12.0. The molecule has 1 unspecified atom stereocenters. The van der Waals surface area contributed by atoms with E-state index in [0.717, 1.165) is 0 Å². The Morgan fingerprint density at radius 2 is 1.95 bits per heavy atom. The van der Waals surface area contributed by atoms with Crippen LogP contribution in [0.5, 0.6) is 5.75 Å². The van der Waals surface area contributed by atoms with Crippen molar-refractivity contribution >= 4 is 40.7 Å². The molecule has 1 atom stereocenters. The van der Waals surface area contributed by atoms with Crippen LogP contribution in [0, 0.1) is 0 Å². The summed E-state index contributed by atoms with van der Waals surface area (Å²) < 4.78 is 8.81. The largest absolute Gasteiger partial charge is 0.496 e. The van der Waals surface area contributed by atoms with Crippen LogP contribution in [-0.4, -0.2) is 54.2 Å². The second-order valence-electron chi connectivity index (χ2n) is 4.77. The first-order valence-electron chi connectivity index (χ1n) is 6.76. The standard InChI is InChI=1S/C14H17Cl3N2O3/c1-21-11-5-3-2-4-10(11)12(20)18-13(14(15,16)17)19-6-8-22-9-7-19/h2-5,13H,6-9H2,1H3,(H,18,20). The highest BCUT2D eigenvalue weighted by atomic mass is 35.6. The molecular formula is C14H17Cl3N2O3. The number of para-hydroxylation sites is 1. The van der Waals surface area contributed by atoms with Gasteiger partial charge in [-0.2, -0.15) is 0 Å². The number of nitrogens with zero attached hydrogens (tertiary/aromatic N) is 1. The SMILES string of the molecule is COc1ccccc1C(=O)NC(N1CCOCC1)C(Cl)(Cl)Cl. The second-order valence-corrected chi connectivity index (χ2v) is 7.14. The lowest BCUT2D eigenvalue weighted by Gasteiger charge is -2.38. The third-order valence-electron chi connectivity index (χ3n) is 3.34. The van der Waals surface area contributed by atoms with E-state index in [2.05, 4.69) is 5.32 Å². The summed E-state index contributed by atoms with van der Waals surface area (Å²) in [7, 11) is 1.50. The molecule has 1 saturated heterocycles. The molecule has 1 N–H and O–H groups in total. The molecule has 1 aromatic carbocycles. The highest BCUT2D eigenvalue weighted by molar-refractivity contribution is 6.68. The van der Waals surface area contributed by atoms with Crippen LogP contribution in [0.1, 0.15) is 10.4 Å². The van der Waals surface area contributed by atoms with Crippen LogP contribution in [-0.2, 0) is 4.74 Å². The summed E-state index contributed by atoms with van der Waals surface area (Å²) in [4.78, 5) is 14.4. The van der Waals surface area contributed by atoms with E-state index < -0.39 is 9.96 Å². The minimum atomic E-state index is -1.66. The topological polar surface area (TPSA) is 50.8 Å². The maximum Gasteiger partial charge on any atom is 0.256 e. The van der Waals surface area contributed by atoms with E-state index >= 15 is 0 Å². The minimum absolute atomic E-state index is 0.361. The van der Waals surface area contributed by atoms with Gasteiger partial charge in [0.15, 0.2) is 0 Å². The van der Waals surface area contributed by atoms with E-state index in [1.807, 2.05) is 4.90 Å². The second kappa shape index (κ2) is 7.70. The van der Waals surface area contributed by atoms with E-state index in [-0.39, 0.29) is 5.91 Å². The Bertz CT molecular complexity index is 516. The number of amides is 1. The molecule has 0 bridgehead atoms. The van der Waals surface area contributed by atoms with E-state index in [1.165, 1.54) is 7.11 Å². The summed E-state index contributed by atoms with van der Waals surface area (Å²) in [6, 6.07) is 6.89. The van der Waals surface area contributed by atoms with Crippen molar-refractivity contribution in [2.75, 3.05) is 33.4 Å². The predicted octanol–water partition coefficient (Wildman–Crippen LogP) is 2.45. The molecule has 1 heterocycles. The fourth-order valence-electron chi connectivity index (χ4n) is 2.25. The van der Waals surface area contributed by atoms with Crippen LogP contribution in [0.25, 0.3) is 0 Å². The van der Waals surface area contributed by atoms with Crippen molar-refractivity contribution in [2.45, 2.75) is 9.96 Å². The molecule has 0 spiro atoms. The summed E-state index contributed by atoms with van der Waals surface area (Å²) in [6.45, 7) is 2.21. The number of morpholine rings is 1. The van der Waals surface area contributed by atoms with Crippen LogP contribution in [0.2, 0.25) is 0 Å². The van der Waals surface area contributed by atoms with Crippen LogP contribution in [0.3, 0.4) is 0 Å². The van der Waals surface area contributed by atoms with Gasteiger partial charge in [-0.15, -0.1) is 0 Å². The van der Waals surface area contributed by atoms with Gasteiger partial charge in [-0.1, -0.05) is 46.9 Å². The molecule has 1 amide bonds. The maximum absolute atomic E-state index is 12.5. The number of benzene rings is 1. The van der Waals surface area contributed by atoms with Crippen molar-refractivity contribution in [2.24, 2.45) is 0 Å². The highest BCUT2D eigenvalue weighted by Gasteiger charge is 2.39. The Hall–Kier alpha value is -0.720. The average molecular weight is 368 g/mol. The number of carbonyl (C=O) groups excluding carboxylic acids is 1. The third-order valence-corrected chi connectivity index (χ3v) is 3.96. The Balaban J connectivity index is 2.17. The zero-order chi connectivity index (χ0) is 16.2. The van der Waals surface area contributed by atoms with Gasteiger partial charge in [-0.25, -0.2) is 0 Å². The fourth-order valence-corrected chi connectivity index (χ4v) is 2.83. The number of ether oxygens (including phenoxy) is 2. The van der Waals surface area contributed by atoms with Gasteiger partial charge in [-0.05, 0) is 12.1 Å². The lowest BCUT2D eigenvalue weighted by Crippen LogP contribution is -2.58. The van der Waals surface area contributed by atoms with Crippen molar-refractivity contribution < 1.29 is 14.3 Å². The lowest BCUT2D eigenvalue weighted by atomic mass is 10.2. The number of nitrogens with one attached hydrogen (secondary N) is 1. The number of halogens is 3. The number of alkyl halides is 3. The third kappa shape index (κ3) is 4.40. The van der Waals surface area contributed by atoms with Gasteiger partial charge in [-0.3, -0.25) is 9.69 Å². The van der Waals surface area contributed by atoms with Gasteiger partial charge >= 0.3 is 0 Å². The van der Waals surface area contributed by atoms with Crippen molar-refractivity contribution in [1.29, 1.82) is 0 Å². The first kappa shape index (κ1) is 17.6. The van der Waals surface area contributed by atoms with Crippen LogP contribution in [0.4, 0.5) is 0 Å². The molecule has 8 heteroatoms. The van der Waals surface area contributed by atoms with E-state index in [1.54, 1.807) is 24.3 Å². The summed E-state index contributed by atoms with van der Waals surface area (Å²) in [6.07, 6.45) is -0.751. The molecule has 0 aliphatic carbocycles. The molecular weight excluding hydrogens is 351 g/mol. The molecule has 22 heavy (non-hydrogen) atoms. The first-order valence-corrected chi connectivity index (χ1v) is 7.89. The zero-order valence-corrected chi connectivity index (χ0v) is 14.3.